The molecule has 0 fully saturated rings. The summed E-state index contributed by atoms with van der Waals surface area (Å²) in [5.74, 6) is -4.16. The topological polar surface area (TPSA) is 63.6 Å². The number of hydrogen-bond acceptors (Lipinski definition) is 3. The van der Waals surface area contributed by atoms with E-state index in [9.17, 15) is 22.8 Å². The van der Waals surface area contributed by atoms with Crippen LogP contribution in [0.25, 0.3) is 0 Å². The SMILES string of the molecule is O=Cc1ccc(OC(F)F)c(F)c1C(=O)O. The van der Waals surface area contributed by atoms with E-state index >= 15 is 0 Å². The van der Waals surface area contributed by atoms with Crippen LogP contribution >= 0.6 is 0 Å². The number of aldehydes is 1. The lowest BCUT2D eigenvalue weighted by Crippen LogP contribution is -2.10. The molecular formula is C9H5F3O4. The Morgan fingerprint density at radius 1 is 1.44 bits per heavy atom. The highest BCUT2D eigenvalue weighted by atomic mass is 19.3. The molecule has 0 amide bonds. The largest absolute Gasteiger partial charge is 0.478 e. The number of rotatable bonds is 4. The Labute approximate surface area is 87.3 Å². The minimum absolute atomic E-state index is 0.110. The first kappa shape index (κ1) is 12.0. The number of benzene rings is 1. The monoisotopic (exact) mass is 234 g/mol. The second kappa shape index (κ2) is 4.65. The van der Waals surface area contributed by atoms with E-state index in [0.717, 1.165) is 12.1 Å². The number of carbonyl (C=O) groups excluding carboxylic acids is 1. The van der Waals surface area contributed by atoms with Gasteiger partial charge in [0.1, 0.15) is 5.56 Å². The maximum absolute atomic E-state index is 13.3. The summed E-state index contributed by atoms with van der Waals surface area (Å²) in [6.45, 7) is -3.28. The third-order valence-corrected chi connectivity index (χ3v) is 1.70. The van der Waals surface area contributed by atoms with Gasteiger partial charge in [0, 0.05) is 5.56 Å². The van der Waals surface area contributed by atoms with Gasteiger partial charge in [0.15, 0.2) is 17.9 Å². The van der Waals surface area contributed by atoms with Gasteiger partial charge in [-0.2, -0.15) is 8.78 Å². The van der Waals surface area contributed by atoms with Crippen LogP contribution in [-0.4, -0.2) is 24.0 Å². The Morgan fingerprint density at radius 2 is 2.06 bits per heavy atom. The molecule has 1 aromatic carbocycles. The average molecular weight is 234 g/mol. The van der Waals surface area contributed by atoms with Crippen molar-refractivity contribution in [3.8, 4) is 5.75 Å². The fourth-order valence-corrected chi connectivity index (χ4v) is 1.07. The molecule has 0 saturated heterocycles. The summed E-state index contributed by atoms with van der Waals surface area (Å²) in [7, 11) is 0. The van der Waals surface area contributed by atoms with E-state index in [0.29, 0.717) is 0 Å². The van der Waals surface area contributed by atoms with Gasteiger partial charge >= 0.3 is 12.6 Å². The Morgan fingerprint density at radius 3 is 2.50 bits per heavy atom. The van der Waals surface area contributed by atoms with Crippen LogP contribution in [0, 0.1) is 5.82 Å². The van der Waals surface area contributed by atoms with E-state index in [-0.39, 0.29) is 6.29 Å². The molecule has 0 saturated carbocycles. The number of carboxylic acid groups (broad SMARTS) is 1. The first-order chi connectivity index (χ1) is 7.47. The lowest BCUT2D eigenvalue weighted by Gasteiger charge is -2.08. The molecule has 86 valence electrons. The van der Waals surface area contributed by atoms with Crippen LogP contribution < -0.4 is 4.74 Å². The number of carboxylic acids is 1. The van der Waals surface area contributed by atoms with Crippen LogP contribution in [0.15, 0.2) is 12.1 Å². The molecule has 1 aromatic rings. The quantitative estimate of drug-likeness (QED) is 0.808. The third kappa shape index (κ3) is 2.30. The second-order valence-electron chi connectivity index (χ2n) is 2.64. The maximum Gasteiger partial charge on any atom is 0.387 e. The Hall–Kier alpha value is -2.05. The van der Waals surface area contributed by atoms with Crippen LogP contribution in [0.5, 0.6) is 5.75 Å². The van der Waals surface area contributed by atoms with Crippen LogP contribution in [0.2, 0.25) is 0 Å². The van der Waals surface area contributed by atoms with E-state index in [1.807, 2.05) is 0 Å². The molecule has 1 rings (SSSR count). The molecule has 0 bridgehead atoms. The normalized spacial score (nSPS) is 10.2. The fourth-order valence-electron chi connectivity index (χ4n) is 1.07. The molecule has 4 nitrogen and oxygen atoms in total. The van der Waals surface area contributed by atoms with Crippen molar-refractivity contribution in [2.24, 2.45) is 0 Å². The zero-order chi connectivity index (χ0) is 12.3. The summed E-state index contributed by atoms with van der Waals surface area (Å²) in [5.41, 5.74) is -1.44. The number of ether oxygens (including phenoxy) is 1. The van der Waals surface area contributed by atoms with Crippen molar-refractivity contribution >= 4 is 12.3 Å². The predicted octanol–water partition coefficient (Wildman–Crippen LogP) is 1.94. The molecule has 7 heteroatoms. The van der Waals surface area contributed by atoms with Crippen molar-refractivity contribution in [1.82, 2.24) is 0 Å². The summed E-state index contributed by atoms with van der Waals surface area (Å²) >= 11 is 0. The van der Waals surface area contributed by atoms with Crippen molar-refractivity contribution in [1.29, 1.82) is 0 Å². The molecule has 0 radical (unpaired) electrons. The van der Waals surface area contributed by atoms with Gasteiger partial charge in [-0.1, -0.05) is 0 Å². The van der Waals surface area contributed by atoms with E-state index in [2.05, 4.69) is 4.74 Å². The number of carbonyl (C=O) groups is 2. The van der Waals surface area contributed by atoms with Gasteiger partial charge in [-0.3, -0.25) is 4.79 Å². The number of alkyl halides is 2. The zero-order valence-corrected chi connectivity index (χ0v) is 7.62. The summed E-state index contributed by atoms with van der Waals surface area (Å²) in [6.07, 6.45) is 0.110. The van der Waals surface area contributed by atoms with Crippen LogP contribution in [-0.2, 0) is 0 Å². The summed E-state index contributed by atoms with van der Waals surface area (Å²) < 4.78 is 40.7. The van der Waals surface area contributed by atoms with Crippen molar-refractivity contribution in [3.63, 3.8) is 0 Å². The summed E-state index contributed by atoms with van der Waals surface area (Å²) in [4.78, 5) is 21.0. The van der Waals surface area contributed by atoms with Gasteiger partial charge in [-0.15, -0.1) is 0 Å². The van der Waals surface area contributed by atoms with E-state index < -0.39 is 35.3 Å². The van der Waals surface area contributed by atoms with Gasteiger partial charge in [0.2, 0.25) is 0 Å². The second-order valence-corrected chi connectivity index (χ2v) is 2.64. The molecule has 0 spiro atoms. The molecule has 0 aliphatic heterocycles. The van der Waals surface area contributed by atoms with Crippen molar-refractivity contribution in [2.45, 2.75) is 6.61 Å². The van der Waals surface area contributed by atoms with Gasteiger partial charge in [0.05, 0.1) is 0 Å². The smallest absolute Gasteiger partial charge is 0.387 e. The molecule has 0 aromatic heterocycles. The molecule has 0 heterocycles. The van der Waals surface area contributed by atoms with E-state index in [4.69, 9.17) is 5.11 Å². The summed E-state index contributed by atoms with van der Waals surface area (Å²) in [5, 5.41) is 8.59. The highest BCUT2D eigenvalue weighted by Crippen LogP contribution is 2.24. The minimum Gasteiger partial charge on any atom is -0.478 e. The Kier molecular flexibility index (Phi) is 3.49. The minimum atomic E-state index is -3.28. The molecule has 1 N–H and O–H groups in total. The van der Waals surface area contributed by atoms with Crippen LogP contribution in [0.3, 0.4) is 0 Å². The van der Waals surface area contributed by atoms with Crippen molar-refractivity contribution in [2.75, 3.05) is 0 Å². The Balaban J connectivity index is 3.31. The average Bonchev–Trinajstić information content (AvgIpc) is 2.19. The molecule has 0 unspecified atom stereocenters. The number of hydrogen-bond donors (Lipinski definition) is 1. The van der Waals surface area contributed by atoms with Gasteiger partial charge in [-0.05, 0) is 12.1 Å². The maximum atomic E-state index is 13.3. The zero-order valence-electron chi connectivity index (χ0n) is 7.62. The molecule has 0 aliphatic carbocycles. The standard InChI is InChI=1S/C9H5F3O4/c10-7-5(16-9(11)12)2-1-4(3-13)6(7)8(14)15/h1-3,9H,(H,14,15). The third-order valence-electron chi connectivity index (χ3n) is 1.70. The predicted molar refractivity (Wildman–Crippen MR) is 45.4 cm³/mol. The number of aromatic carboxylic acids is 1. The van der Waals surface area contributed by atoms with Crippen molar-refractivity contribution < 1.29 is 32.6 Å². The first-order valence-electron chi connectivity index (χ1n) is 3.93. The van der Waals surface area contributed by atoms with Crippen LogP contribution in [0.1, 0.15) is 20.7 Å². The van der Waals surface area contributed by atoms with E-state index in [1.165, 1.54) is 0 Å². The highest BCUT2D eigenvalue weighted by Gasteiger charge is 2.21. The lowest BCUT2D eigenvalue weighted by atomic mass is 10.1. The molecule has 16 heavy (non-hydrogen) atoms. The van der Waals surface area contributed by atoms with Gasteiger partial charge < -0.3 is 9.84 Å². The van der Waals surface area contributed by atoms with E-state index in [1.54, 1.807) is 0 Å². The van der Waals surface area contributed by atoms with Crippen LogP contribution in [0.4, 0.5) is 13.2 Å². The number of halogens is 3. The van der Waals surface area contributed by atoms with Crippen molar-refractivity contribution in [3.05, 3.63) is 29.1 Å². The Bertz CT molecular complexity index is 431. The summed E-state index contributed by atoms with van der Waals surface area (Å²) in [6, 6.07) is 1.65. The first-order valence-corrected chi connectivity index (χ1v) is 3.93. The molecule has 0 atom stereocenters. The fraction of sp³-hybridized carbons (Fsp3) is 0.111. The lowest BCUT2D eigenvalue weighted by molar-refractivity contribution is -0.0523. The van der Waals surface area contributed by atoms with Gasteiger partial charge in [0.25, 0.3) is 0 Å². The molecule has 0 aliphatic rings. The van der Waals surface area contributed by atoms with Gasteiger partial charge in [-0.25, -0.2) is 9.18 Å². The molecular weight excluding hydrogens is 229 g/mol. The highest BCUT2D eigenvalue weighted by molar-refractivity contribution is 5.97.